The van der Waals surface area contributed by atoms with Gasteiger partial charge in [0.1, 0.15) is 0 Å². The van der Waals surface area contributed by atoms with E-state index in [1.165, 1.54) is 7.11 Å². The Labute approximate surface area is 87.9 Å². The molecule has 80 valence electrons. The predicted octanol–water partition coefficient (Wildman–Crippen LogP) is 2.64. The molecule has 5 heteroatoms. The molecule has 0 aromatic heterocycles. The van der Waals surface area contributed by atoms with Gasteiger partial charge in [0.25, 0.3) is 0 Å². The first-order valence-corrected chi connectivity index (χ1v) is 4.57. The van der Waals surface area contributed by atoms with Crippen molar-refractivity contribution in [3.8, 4) is 11.5 Å². The maximum absolute atomic E-state index is 9.37. The molecule has 0 radical (unpaired) electrons. The molecule has 0 aliphatic heterocycles. The summed E-state index contributed by atoms with van der Waals surface area (Å²) < 4.78 is 4.97. The molecule has 15 heavy (non-hydrogen) atoms. The van der Waals surface area contributed by atoms with Gasteiger partial charge in [-0.3, -0.25) is 0 Å². The number of azide groups is 1. The third-order valence-corrected chi connectivity index (χ3v) is 2.02. The van der Waals surface area contributed by atoms with Crippen molar-refractivity contribution in [1.82, 2.24) is 0 Å². The van der Waals surface area contributed by atoms with Gasteiger partial charge >= 0.3 is 0 Å². The first-order valence-electron chi connectivity index (χ1n) is 4.57. The monoisotopic (exact) mass is 207 g/mol. The average molecular weight is 207 g/mol. The lowest BCUT2D eigenvalue weighted by molar-refractivity contribution is 0.373. The summed E-state index contributed by atoms with van der Waals surface area (Å²) in [5.74, 6) is 0.540. The molecule has 0 heterocycles. The largest absolute Gasteiger partial charge is 0.504 e. The Morgan fingerprint density at radius 3 is 2.93 bits per heavy atom. The lowest BCUT2D eigenvalue weighted by Crippen LogP contribution is -2.01. The lowest BCUT2D eigenvalue weighted by Gasteiger charge is -2.08. The van der Waals surface area contributed by atoms with E-state index >= 15 is 0 Å². The SMILES string of the molecule is COc1cc(CC(C)N=[N+]=[N-])ccc1O. The Bertz CT molecular complexity index is 386. The van der Waals surface area contributed by atoms with Gasteiger partial charge in [-0.05, 0) is 29.6 Å². The van der Waals surface area contributed by atoms with Crippen molar-refractivity contribution in [3.63, 3.8) is 0 Å². The normalized spacial score (nSPS) is 11.6. The van der Waals surface area contributed by atoms with E-state index in [1.54, 1.807) is 18.2 Å². The molecule has 1 aromatic rings. The highest BCUT2D eigenvalue weighted by Crippen LogP contribution is 2.26. The first-order chi connectivity index (χ1) is 7.17. The molecule has 1 rings (SSSR count). The number of benzene rings is 1. The molecule has 0 aliphatic carbocycles. The van der Waals surface area contributed by atoms with Crippen LogP contribution in [0.2, 0.25) is 0 Å². The number of aromatic hydroxyl groups is 1. The van der Waals surface area contributed by atoms with E-state index < -0.39 is 0 Å². The minimum absolute atomic E-state index is 0.107. The fourth-order valence-electron chi connectivity index (χ4n) is 1.32. The van der Waals surface area contributed by atoms with Gasteiger partial charge in [0.15, 0.2) is 11.5 Å². The topological polar surface area (TPSA) is 78.2 Å². The predicted molar refractivity (Wildman–Crippen MR) is 57.0 cm³/mol. The number of ether oxygens (including phenoxy) is 1. The molecule has 0 saturated carbocycles. The van der Waals surface area contributed by atoms with E-state index in [0.29, 0.717) is 12.2 Å². The van der Waals surface area contributed by atoms with Crippen LogP contribution in [0.3, 0.4) is 0 Å². The highest BCUT2D eigenvalue weighted by molar-refractivity contribution is 5.41. The molecule has 1 aromatic carbocycles. The van der Waals surface area contributed by atoms with Crippen LogP contribution in [0.1, 0.15) is 12.5 Å². The minimum atomic E-state index is -0.107. The van der Waals surface area contributed by atoms with Crippen molar-refractivity contribution in [2.75, 3.05) is 7.11 Å². The summed E-state index contributed by atoms with van der Waals surface area (Å²) in [6, 6.07) is 4.97. The fourth-order valence-corrected chi connectivity index (χ4v) is 1.32. The molecule has 0 bridgehead atoms. The standard InChI is InChI=1S/C10H13N3O2/c1-7(12-13-11)5-8-3-4-9(14)10(6-8)15-2/h3-4,6-7,14H,5H2,1-2H3. The van der Waals surface area contributed by atoms with Crippen LogP contribution in [0.5, 0.6) is 11.5 Å². The molecule has 5 nitrogen and oxygen atoms in total. The molecule has 0 amide bonds. The van der Waals surface area contributed by atoms with Gasteiger partial charge in [0.2, 0.25) is 0 Å². The van der Waals surface area contributed by atoms with Crippen LogP contribution in [-0.4, -0.2) is 18.3 Å². The third kappa shape index (κ3) is 3.07. The van der Waals surface area contributed by atoms with Crippen molar-refractivity contribution < 1.29 is 9.84 Å². The number of rotatable bonds is 4. The summed E-state index contributed by atoms with van der Waals surface area (Å²) >= 11 is 0. The van der Waals surface area contributed by atoms with Gasteiger partial charge in [-0.25, -0.2) is 0 Å². The second kappa shape index (κ2) is 5.12. The van der Waals surface area contributed by atoms with Crippen molar-refractivity contribution in [2.24, 2.45) is 5.11 Å². The van der Waals surface area contributed by atoms with Gasteiger partial charge < -0.3 is 9.84 Å². The summed E-state index contributed by atoms with van der Waals surface area (Å²) in [4.78, 5) is 2.74. The number of nitrogens with zero attached hydrogens (tertiary/aromatic N) is 3. The van der Waals surface area contributed by atoms with Crippen LogP contribution in [0.4, 0.5) is 0 Å². The van der Waals surface area contributed by atoms with Gasteiger partial charge in [0.05, 0.1) is 7.11 Å². The van der Waals surface area contributed by atoms with Gasteiger partial charge in [-0.15, -0.1) is 0 Å². The molecule has 0 saturated heterocycles. The van der Waals surface area contributed by atoms with E-state index in [4.69, 9.17) is 10.3 Å². The molecule has 1 atom stereocenters. The lowest BCUT2D eigenvalue weighted by atomic mass is 10.1. The van der Waals surface area contributed by atoms with Crippen molar-refractivity contribution in [3.05, 3.63) is 34.2 Å². The maximum Gasteiger partial charge on any atom is 0.160 e. The molecule has 0 fully saturated rings. The third-order valence-electron chi connectivity index (χ3n) is 2.02. The Morgan fingerprint density at radius 2 is 2.33 bits per heavy atom. The van der Waals surface area contributed by atoms with Crippen LogP contribution in [-0.2, 0) is 6.42 Å². The summed E-state index contributed by atoms with van der Waals surface area (Å²) in [5, 5.41) is 12.9. The highest BCUT2D eigenvalue weighted by Gasteiger charge is 2.05. The van der Waals surface area contributed by atoms with E-state index in [-0.39, 0.29) is 11.8 Å². The summed E-state index contributed by atoms with van der Waals surface area (Å²) in [6.45, 7) is 1.83. The number of hydrogen-bond donors (Lipinski definition) is 1. The quantitative estimate of drug-likeness (QED) is 0.468. The van der Waals surface area contributed by atoms with Crippen molar-refractivity contribution in [1.29, 1.82) is 0 Å². The summed E-state index contributed by atoms with van der Waals surface area (Å²) in [6.07, 6.45) is 0.626. The minimum Gasteiger partial charge on any atom is -0.504 e. The van der Waals surface area contributed by atoms with E-state index in [0.717, 1.165) is 5.56 Å². The van der Waals surface area contributed by atoms with E-state index in [1.807, 2.05) is 6.92 Å². The Kier molecular flexibility index (Phi) is 3.83. The number of methoxy groups -OCH3 is 1. The zero-order valence-corrected chi connectivity index (χ0v) is 8.71. The smallest absolute Gasteiger partial charge is 0.160 e. The summed E-state index contributed by atoms with van der Waals surface area (Å²) in [7, 11) is 1.50. The van der Waals surface area contributed by atoms with Crippen LogP contribution in [0.15, 0.2) is 23.3 Å². The molecular formula is C10H13N3O2. The van der Waals surface area contributed by atoms with Gasteiger partial charge in [-0.1, -0.05) is 18.1 Å². The molecule has 1 N–H and O–H groups in total. The zero-order chi connectivity index (χ0) is 11.3. The summed E-state index contributed by atoms with van der Waals surface area (Å²) in [5.41, 5.74) is 9.22. The Balaban J connectivity index is 2.82. The first kappa shape index (κ1) is 11.2. The van der Waals surface area contributed by atoms with Crippen LogP contribution in [0, 0.1) is 0 Å². The number of hydrogen-bond acceptors (Lipinski definition) is 3. The van der Waals surface area contributed by atoms with Crippen LogP contribution < -0.4 is 4.74 Å². The highest BCUT2D eigenvalue weighted by atomic mass is 16.5. The molecular weight excluding hydrogens is 194 g/mol. The van der Waals surface area contributed by atoms with Crippen molar-refractivity contribution >= 4 is 0 Å². The second-order valence-corrected chi connectivity index (χ2v) is 3.26. The zero-order valence-electron chi connectivity index (χ0n) is 8.71. The number of phenolic OH excluding ortho intramolecular Hbond substituents is 1. The van der Waals surface area contributed by atoms with E-state index in [2.05, 4.69) is 10.0 Å². The average Bonchev–Trinajstić information content (AvgIpc) is 2.21. The Hall–Kier alpha value is -1.87. The second-order valence-electron chi connectivity index (χ2n) is 3.26. The van der Waals surface area contributed by atoms with Crippen LogP contribution in [0.25, 0.3) is 10.4 Å². The molecule has 1 unspecified atom stereocenters. The Morgan fingerprint density at radius 1 is 1.60 bits per heavy atom. The van der Waals surface area contributed by atoms with E-state index in [9.17, 15) is 5.11 Å². The number of phenols is 1. The fraction of sp³-hybridized carbons (Fsp3) is 0.400. The van der Waals surface area contributed by atoms with Gasteiger partial charge in [-0.2, -0.15) is 0 Å². The van der Waals surface area contributed by atoms with Crippen molar-refractivity contribution in [2.45, 2.75) is 19.4 Å². The molecule has 0 spiro atoms. The molecule has 0 aliphatic rings. The van der Waals surface area contributed by atoms with Gasteiger partial charge in [0, 0.05) is 11.0 Å². The maximum atomic E-state index is 9.37. The van der Waals surface area contributed by atoms with Crippen LogP contribution >= 0.6 is 0 Å².